The number of aromatic nitrogens is 1. The van der Waals surface area contributed by atoms with Gasteiger partial charge in [-0.25, -0.2) is 0 Å². The van der Waals surface area contributed by atoms with Crippen LogP contribution in [0.3, 0.4) is 0 Å². The third-order valence-electron chi connectivity index (χ3n) is 11.1. The van der Waals surface area contributed by atoms with Crippen molar-refractivity contribution in [3.8, 4) is 55.8 Å². The molecular formula is C46H43N. The molecule has 1 heteroatoms. The van der Waals surface area contributed by atoms with E-state index in [4.69, 9.17) is 0 Å². The monoisotopic (exact) mass is 609 g/mol. The smallest absolute Gasteiger partial charge is 0.0702 e. The molecule has 1 nitrogen and oxygen atoms in total. The summed E-state index contributed by atoms with van der Waals surface area (Å²) in [5.41, 5.74) is 16.2. The Balaban J connectivity index is 1.16. The van der Waals surface area contributed by atoms with E-state index in [-0.39, 0.29) is 0 Å². The Labute approximate surface area is 280 Å². The van der Waals surface area contributed by atoms with E-state index < -0.39 is 0 Å². The molecule has 9 rings (SSSR count). The molecule has 0 saturated heterocycles. The van der Waals surface area contributed by atoms with E-state index in [1.807, 2.05) is 12.3 Å². The molecule has 1 aromatic heterocycles. The second kappa shape index (κ2) is 12.5. The van der Waals surface area contributed by atoms with E-state index in [1.54, 1.807) is 5.56 Å². The van der Waals surface area contributed by atoms with Crippen molar-refractivity contribution in [2.75, 3.05) is 0 Å². The van der Waals surface area contributed by atoms with Crippen LogP contribution >= 0.6 is 0 Å². The van der Waals surface area contributed by atoms with Gasteiger partial charge < -0.3 is 0 Å². The van der Waals surface area contributed by atoms with Gasteiger partial charge >= 0.3 is 0 Å². The average Bonchev–Trinajstić information content (AvgIpc) is 3.12. The topological polar surface area (TPSA) is 12.9 Å². The second-order valence-corrected chi connectivity index (χ2v) is 14.2. The Morgan fingerprint density at radius 1 is 0.489 bits per heavy atom. The molecule has 0 radical (unpaired) electrons. The summed E-state index contributed by atoms with van der Waals surface area (Å²) in [4.78, 5) is 4.68. The van der Waals surface area contributed by atoms with Crippen LogP contribution in [0.25, 0.3) is 55.8 Å². The van der Waals surface area contributed by atoms with Crippen molar-refractivity contribution in [3.05, 3.63) is 150 Å². The Kier molecular flexibility index (Phi) is 7.85. The van der Waals surface area contributed by atoms with Crippen LogP contribution < -0.4 is 0 Å². The van der Waals surface area contributed by atoms with Gasteiger partial charge in [-0.1, -0.05) is 127 Å². The number of nitrogens with zero attached hydrogens (tertiary/aromatic N) is 1. The number of aryl methyl sites for hydroxylation is 2. The zero-order valence-electron chi connectivity index (χ0n) is 27.8. The van der Waals surface area contributed by atoms with Crippen LogP contribution in [0.4, 0.5) is 0 Å². The van der Waals surface area contributed by atoms with Gasteiger partial charge in [-0.15, -0.1) is 0 Å². The van der Waals surface area contributed by atoms with Crippen molar-refractivity contribution in [2.45, 2.75) is 52.4 Å². The van der Waals surface area contributed by atoms with Gasteiger partial charge in [0.2, 0.25) is 0 Å². The van der Waals surface area contributed by atoms with Gasteiger partial charge in [-0.2, -0.15) is 0 Å². The highest BCUT2D eigenvalue weighted by Crippen LogP contribution is 2.52. The summed E-state index contributed by atoms with van der Waals surface area (Å²) in [6, 6.07) is 47.3. The molecule has 47 heavy (non-hydrogen) atoms. The maximum atomic E-state index is 4.68. The molecule has 0 amide bonds. The molecule has 3 saturated carbocycles. The Morgan fingerprint density at radius 3 is 1.77 bits per heavy atom. The van der Waals surface area contributed by atoms with Crippen LogP contribution in [0, 0.1) is 31.6 Å². The van der Waals surface area contributed by atoms with Gasteiger partial charge in [0.05, 0.1) is 5.69 Å². The normalized spacial score (nSPS) is 20.3. The van der Waals surface area contributed by atoms with Gasteiger partial charge in [0, 0.05) is 11.8 Å². The van der Waals surface area contributed by atoms with Crippen molar-refractivity contribution < 1.29 is 0 Å². The van der Waals surface area contributed by atoms with Crippen molar-refractivity contribution in [3.63, 3.8) is 0 Å². The fourth-order valence-electron chi connectivity index (χ4n) is 8.72. The van der Waals surface area contributed by atoms with Crippen LogP contribution in [0.2, 0.25) is 0 Å². The first kappa shape index (κ1) is 29.6. The van der Waals surface area contributed by atoms with Crippen molar-refractivity contribution in [1.29, 1.82) is 0 Å². The number of rotatable bonds is 6. The molecule has 0 aliphatic heterocycles. The number of hydrogen-bond donors (Lipinski definition) is 0. The molecule has 5 aromatic carbocycles. The van der Waals surface area contributed by atoms with Gasteiger partial charge in [0.15, 0.2) is 0 Å². The van der Waals surface area contributed by atoms with E-state index in [1.165, 1.54) is 81.3 Å². The quantitative estimate of drug-likeness (QED) is 0.183. The molecule has 2 bridgehead atoms. The summed E-state index contributed by atoms with van der Waals surface area (Å²) >= 11 is 0. The van der Waals surface area contributed by atoms with Gasteiger partial charge in [-0.05, 0) is 131 Å². The van der Waals surface area contributed by atoms with Crippen molar-refractivity contribution in [2.24, 2.45) is 17.8 Å². The van der Waals surface area contributed by atoms with E-state index in [9.17, 15) is 0 Å². The molecule has 1 heterocycles. The zero-order valence-corrected chi connectivity index (χ0v) is 27.8. The molecule has 6 aromatic rings. The first-order valence-corrected chi connectivity index (χ1v) is 17.4. The molecule has 4 atom stereocenters. The summed E-state index contributed by atoms with van der Waals surface area (Å²) in [5.74, 6) is 3.45. The van der Waals surface area contributed by atoms with Crippen molar-refractivity contribution >= 4 is 0 Å². The molecule has 0 N–H and O–H groups in total. The minimum Gasteiger partial charge on any atom is -0.256 e. The predicted molar refractivity (Wildman–Crippen MR) is 198 cm³/mol. The summed E-state index contributed by atoms with van der Waals surface area (Å²) < 4.78 is 0. The molecule has 3 aliphatic rings. The summed E-state index contributed by atoms with van der Waals surface area (Å²) in [7, 11) is 0. The lowest BCUT2D eigenvalue weighted by atomic mass is 9.59. The van der Waals surface area contributed by atoms with Crippen molar-refractivity contribution in [1.82, 2.24) is 4.98 Å². The van der Waals surface area contributed by atoms with Crippen LogP contribution in [0.15, 0.2) is 134 Å². The summed E-state index contributed by atoms with van der Waals surface area (Å²) in [6.07, 6.45) is 7.53. The lowest BCUT2D eigenvalue weighted by molar-refractivity contribution is 0.0864. The fraction of sp³-hybridized carbons (Fsp3) is 0.239. The maximum Gasteiger partial charge on any atom is 0.0702 e. The van der Waals surface area contributed by atoms with Crippen LogP contribution in [-0.2, 0) is 0 Å². The summed E-state index contributed by atoms with van der Waals surface area (Å²) in [6.45, 7) is 6.84. The zero-order chi connectivity index (χ0) is 31.9. The molecule has 3 fully saturated rings. The van der Waals surface area contributed by atoms with Gasteiger partial charge in [0.25, 0.3) is 0 Å². The van der Waals surface area contributed by atoms with E-state index in [0.717, 1.165) is 34.9 Å². The average molecular weight is 610 g/mol. The SMILES string of the molecule is Cc1cc(C)cc(-c2ccccc2-c2ccc(-c3ccccn3)cc2-c2ccc(-c3ccc(C4CC5CCC4CC5C)cc3)cc2)c1. The molecule has 4 unspecified atom stereocenters. The molecule has 232 valence electrons. The van der Waals surface area contributed by atoms with E-state index in [2.05, 4.69) is 147 Å². The Bertz CT molecular complexity index is 2000. The minimum absolute atomic E-state index is 0.748. The highest BCUT2D eigenvalue weighted by atomic mass is 14.7. The first-order chi connectivity index (χ1) is 23.0. The first-order valence-electron chi connectivity index (χ1n) is 17.4. The second-order valence-electron chi connectivity index (χ2n) is 14.2. The fourth-order valence-corrected chi connectivity index (χ4v) is 8.72. The number of hydrogen-bond acceptors (Lipinski definition) is 1. The third-order valence-corrected chi connectivity index (χ3v) is 11.1. The molecule has 3 aliphatic carbocycles. The number of pyridine rings is 1. The third kappa shape index (κ3) is 5.85. The van der Waals surface area contributed by atoms with Crippen LogP contribution in [0.5, 0.6) is 0 Å². The Morgan fingerprint density at radius 2 is 1.11 bits per heavy atom. The predicted octanol–water partition coefficient (Wildman–Crippen LogP) is 12.6. The highest BCUT2D eigenvalue weighted by molar-refractivity contribution is 5.93. The van der Waals surface area contributed by atoms with Gasteiger partial charge in [-0.3, -0.25) is 4.98 Å². The van der Waals surface area contributed by atoms with E-state index in [0.29, 0.717) is 0 Å². The van der Waals surface area contributed by atoms with Gasteiger partial charge in [0.1, 0.15) is 0 Å². The van der Waals surface area contributed by atoms with Crippen LogP contribution in [0.1, 0.15) is 55.2 Å². The van der Waals surface area contributed by atoms with Crippen LogP contribution in [-0.4, -0.2) is 4.98 Å². The number of fused-ring (bicyclic) bond motifs is 3. The highest BCUT2D eigenvalue weighted by Gasteiger charge is 2.40. The molecular weight excluding hydrogens is 567 g/mol. The Hall–Kier alpha value is -4.75. The lowest BCUT2D eigenvalue weighted by Crippen LogP contribution is -2.35. The maximum absolute atomic E-state index is 4.68. The van der Waals surface area contributed by atoms with E-state index >= 15 is 0 Å². The lowest BCUT2D eigenvalue weighted by Gasteiger charge is -2.46. The standard InChI is InChI=1S/C46H43N/c1-30-24-31(2)26-40(25-30)41-8-4-5-9-42(41)43-22-21-39(46-10-6-7-23-47-46)29-45(43)36-17-13-34(14-18-36)33-11-15-35(16-12-33)44-28-37-19-20-38(44)27-32(37)3/h4-18,21-26,29,32,37-38,44H,19-20,27-28H2,1-3H3. The minimum atomic E-state index is 0.748. The molecule has 0 spiro atoms. The largest absolute Gasteiger partial charge is 0.256 e. The summed E-state index contributed by atoms with van der Waals surface area (Å²) in [5, 5.41) is 0. The number of benzene rings is 5.